The molecule has 1 unspecified atom stereocenters. The van der Waals surface area contributed by atoms with Gasteiger partial charge >= 0.3 is 6.09 Å². The minimum Gasteiger partial charge on any atom is -0.444 e. The van der Waals surface area contributed by atoms with Crippen molar-refractivity contribution in [2.24, 2.45) is 0 Å². The molecule has 1 atom stereocenters. The van der Waals surface area contributed by atoms with E-state index in [1.165, 1.54) is 9.75 Å². The predicted octanol–water partition coefficient (Wildman–Crippen LogP) is 3.82. The Hall–Kier alpha value is -0.590. The summed E-state index contributed by atoms with van der Waals surface area (Å²) < 4.78 is 6.34. The second-order valence-corrected chi connectivity index (χ2v) is 7.98. The Labute approximate surface area is 133 Å². The number of aryl methyl sites for hydroxylation is 1. The summed E-state index contributed by atoms with van der Waals surface area (Å²) in [6.45, 7) is 11.0. The lowest BCUT2D eigenvalue weighted by molar-refractivity contribution is 0.0523. The normalized spacial score (nSPS) is 13.1. The average molecular weight is 363 g/mol. The van der Waals surface area contributed by atoms with Crippen molar-refractivity contribution in [2.45, 2.75) is 52.8 Å². The van der Waals surface area contributed by atoms with Gasteiger partial charge in [0.1, 0.15) is 5.60 Å². The lowest BCUT2D eigenvalue weighted by Gasteiger charge is -2.21. The topological polar surface area (TPSA) is 50.4 Å². The van der Waals surface area contributed by atoms with Crippen molar-refractivity contribution in [1.29, 1.82) is 0 Å². The van der Waals surface area contributed by atoms with E-state index >= 15 is 0 Å². The third kappa shape index (κ3) is 6.72. The average Bonchev–Trinajstić information content (AvgIpc) is 2.61. The van der Waals surface area contributed by atoms with Gasteiger partial charge in [-0.15, -0.1) is 11.3 Å². The lowest BCUT2D eigenvalue weighted by atomic mass is 10.2. The maximum atomic E-state index is 11.5. The van der Waals surface area contributed by atoms with Gasteiger partial charge < -0.3 is 15.4 Å². The van der Waals surface area contributed by atoms with E-state index in [0.717, 1.165) is 11.0 Å². The van der Waals surface area contributed by atoms with Crippen molar-refractivity contribution in [1.82, 2.24) is 10.6 Å². The molecule has 1 heterocycles. The van der Waals surface area contributed by atoms with Crippen LogP contribution in [-0.2, 0) is 11.3 Å². The van der Waals surface area contributed by atoms with Crippen molar-refractivity contribution < 1.29 is 9.53 Å². The van der Waals surface area contributed by atoms with Crippen LogP contribution in [0.5, 0.6) is 0 Å². The molecule has 1 aromatic rings. The molecule has 0 radical (unpaired) electrons. The van der Waals surface area contributed by atoms with Crippen LogP contribution in [0.15, 0.2) is 10.5 Å². The fraction of sp³-hybridized carbons (Fsp3) is 0.643. The number of thiophene rings is 1. The summed E-state index contributed by atoms with van der Waals surface area (Å²) in [5.41, 5.74) is -0.457. The van der Waals surface area contributed by atoms with E-state index in [0.29, 0.717) is 6.54 Å². The highest BCUT2D eigenvalue weighted by Crippen LogP contribution is 2.26. The molecule has 0 spiro atoms. The second kappa shape index (κ2) is 7.43. The quantitative estimate of drug-likeness (QED) is 0.836. The first-order chi connectivity index (χ1) is 9.17. The molecule has 0 aliphatic heterocycles. The molecule has 1 aromatic heterocycles. The van der Waals surface area contributed by atoms with E-state index in [1.54, 1.807) is 11.3 Å². The van der Waals surface area contributed by atoms with Gasteiger partial charge in [-0.05, 0) is 56.6 Å². The van der Waals surface area contributed by atoms with Crippen LogP contribution in [0, 0.1) is 6.92 Å². The fourth-order valence-electron chi connectivity index (χ4n) is 1.50. The standard InChI is InChI=1S/C14H23BrN2O2S/c1-9(7-17-13(18)19-14(3,4)5)16-8-11-6-12(15)10(2)20-11/h6,9,16H,7-8H2,1-5H3,(H,17,18). The summed E-state index contributed by atoms with van der Waals surface area (Å²) in [4.78, 5) is 14.1. The summed E-state index contributed by atoms with van der Waals surface area (Å²) in [5.74, 6) is 0. The van der Waals surface area contributed by atoms with Crippen LogP contribution in [0.25, 0.3) is 0 Å². The molecule has 0 bridgehead atoms. The molecule has 6 heteroatoms. The van der Waals surface area contributed by atoms with Crippen molar-refractivity contribution in [3.05, 3.63) is 20.3 Å². The van der Waals surface area contributed by atoms with Gasteiger partial charge in [0.25, 0.3) is 0 Å². The van der Waals surface area contributed by atoms with Crippen LogP contribution >= 0.6 is 27.3 Å². The van der Waals surface area contributed by atoms with E-state index in [9.17, 15) is 4.79 Å². The summed E-state index contributed by atoms with van der Waals surface area (Å²) in [6.07, 6.45) is -0.374. The summed E-state index contributed by atoms with van der Waals surface area (Å²) in [5, 5.41) is 6.14. The van der Waals surface area contributed by atoms with E-state index in [1.807, 2.05) is 27.7 Å². The molecule has 0 aliphatic carbocycles. The molecule has 0 aromatic carbocycles. The molecule has 2 N–H and O–H groups in total. The maximum absolute atomic E-state index is 11.5. The first-order valence-corrected chi connectivity index (χ1v) is 8.23. The van der Waals surface area contributed by atoms with Crippen LogP contribution in [0.4, 0.5) is 4.79 Å². The number of hydrogen-bond acceptors (Lipinski definition) is 4. The molecule has 0 saturated heterocycles. The lowest BCUT2D eigenvalue weighted by Crippen LogP contribution is -2.40. The van der Waals surface area contributed by atoms with Crippen molar-refractivity contribution in [2.75, 3.05) is 6.54 Å². The Balaban J connectivity index is 2.27. The number of nitrogens with one attached hydrogen (secondary N) is 2. The van der Waals surface area contributed by atoms with Crippen molar-refractivity contribution >= 4 is 33.4 Å². The first kappa shape index (κ1) is 17.5. The monoisotopic (exact) mass is 362 g/mol. The molecule has 114 valence electrons. The Morgan fingerprint density at radius 1 is 1.50 bits per heavy atom. The minimum absolute atomic E-state index is 0.184. The van der Waals surface area contributed by atoms with Gasteiger partial charge in [0.2, 0.25) is 0 Å². The van der Waals surface area contributed by atoms with Crippen LogP contribution in [0.3, 0.4) is 0 Å². The number of halogens is 1. The molecule has 20 heavy (non-hydrogen) atoms. The molecule has 1 rings (SSSR count). The smallest absolute Gasteiger partial charge is 0.407 e. The molecular formula is C14H23BrN2O2S. The van der Waals surface area contributed by atoms with E-state index in [-0.39, 0.29) is 12.1 Å². The van der Waals surface area contributed by atoms with Crippen molar-refractivity contribution in [3.8, 4) is 0 Å². The molecule has 1 amide bonds. The zero-order valence-corrected chi connectivity index (χ0v) is 15.1. The number of alkyl carbamates (subject to hydrolysis) is 1. The zero-order chi connectivity index (χ0) is 15.3. The van der Waals surface area contributed by atoms with Gasteiger partial charge in [0.15, 0.2) is 0 Å². The number of ether oxygens (including phenoxy) is 1. The number of amides is 1. The molecule has 4 nitrogen and oxygen atoms in total. The van der Waals surface area contributed by atoms with Crippen molar-refractivity contribution in [3.63, 3.8) is 0 Å². The summed E-state index contributed by atoms with van der Waals surface area (Å²) in [7, 11) is 0. The summed E-state index contributed by atoms with van der Waals surface area (Å²) in [6, 6.07) is 2.31. The van der Waals surface area contributed by atoms with E-state index in [2.05, 4.69) is 39.6 Å². The fourth-order valence-corrected chi connectivity index (χ4v) is 3.06. The summed E-state index contributed by atoms with van der Waals surface area (Å²) >= 11 is 5.28. The van der Waals surface area contributed by atoms with Crippen LogP contribution in [0.1, 0.15) is 37.4 Å². The minimum atomic E-state index is -0.457. The zero-order valence-electron chi connectivity index (χ0n) is 12.7. The molecular weight excluding hydrogens is 340 g/mol. The maximum Gasteiger partial charge on any atom is 0.407 e. The van der Waals surface area contributed by atoms with Gasteiger partial charge in [-0.25, -0.2) is 4.79 Å². The predicted molar refractivity (Wildman–Crippen MR) is 87.3 cm³/mol. The highest BCUT2D eigenvalue weighted by molar-refractivity contribution is 9.10. The van der Waals surface area contributed by atoms with Gasteiger partial charge in [-0.3, -0.25) is 0 Å². The number of carbonyl (C=O) groups excluding carboxylic acids is 1. The van der Waals surface area contributed by atoms with E-state index < -0.39 is 5.60 Å². The van der Waals surface area contributed by atoms with Crippen LogP contribution in [-0.4, -0.2) is 24.3 Å². The molecule has 0 saturated carbocycles. The highest BCUT2D eigenvalue weighted by Gasteiger charge is 2.16. The number of hydrogen-bond donors (Lipinski definition) is 2. The van der Waals surface area contributed by atoms with Gasteiger partial charge in [-0.2, -0.15) is 0 Å². The third-order valence-corrected chi connectivity index (χ3v) is 4.62. The Morgan fingerprint density at radius 2 is 2.15 bits per heavy atom. The Morgan fingerprint density at radius 3 is 2.65 bits per heavy atom. The van der Waals surface area contributed by atoms with Gasteiger partial charge in [0.05, 0.1) is 0 Å². The van der Waals surface area contributed by atoms with Gasteiger partial charge in [-0.1, -0.05) is 0 Å². The SMILES string of the molecule is Cc1sc(CNC(C)CNC(=O)OC(C)(C)C)cc1Br. The largest absolute Gasteiger partial charge is 0.444 e. The molecule has 0 fully saturated rings. The van der Waals surface area contributed by atoms with Gasteiger partial charge in [0, 0.05) is 33.4 Å². The van der Waals surface area contributed by atoms with E-state index in [4.69, 9.17) is 4.74 Å². The Kier molecular flexibility index (Phi) is 6.48. The highest BCUT2D eigenvalue weighted by atomic mass is 79.9. The number of carbonyl (C=O) groups is 1. The first-order valence-electron chi connectivity index (χ1n) is 6.62. The molecule has 0 aliphatic rings. The van der Waals surface area contributed by atoms with Crippen LogP contribution < -0.4 is 10.6 Å². The number of rotatable bonds is 5. The second-order valence-electron chi connectivity index (χ2n) is 5.78. The third-order valence-electron chi connectivity index (χ3n) is 2.48. The Bertz CT molecular complexity index is 435. The van der Waals surface area contributed by atoms with Crippen LogP contribution in [0.2, 0.25) is 0 Å².